The Morgan fingerprint density at radius 1 is 0.569 bits per heavy atom. The van der Waals surface area contributed by atoms with Crippen LogP contribution in [0.3, 0.4) is 0 Å². The Morgan fingerprint density at radius 2 is 1.10 bits per heavy atom. The summed E-state index contributed by atoms with van der Waals surface area (Å²) < 4.78 is 6.23. The molecular weight excluding hydrogens is 887 g/mol. The molecule has 4 N–H and O–H groups in total. The number of unbranched alkanes of at least 4 members (excludes halogenated alkanes) is 3. The van der Waals surface area contributed by atoms with Crippen molar-refractivity contribution >= 4 is 89.1 Å². The van der Waals surface area contributed by atoms with Crippen molar-refractivity contribution in [2.75, 3.05) is 11.5 Å². The van der Waals surface area contributed by atoms with Gasteiger partial charge in [-0.2, -0.15) is 0 Å². The average molecular weight is 936 g/mol. The van der Waals surface area contributed by atoms with Crippen LogP contribution >= 0.6 is 34.3 Å². The Kier molecular flexibility index (Phi) is 15.8. The SMILES string of the molecule is CCC[CH2][Sn]([CH2]CCC)([CH2]CCC)[c]1nccs1.Nc1cnc(-c2ccc3ncccc3c2)c(-c2nccs2)n1.Nc1cnc(-c2ccc3ncccc3c2)c(Cl)n1. The van der Waals surface area contributed by atoms with E-state index in [1.165, 1.54) is 56.1 Å². The molecular formula is C44H49ClN10S2Sn. The van der Waals surface area contributed by atoms with Crippen LogP contribution in [0.5, 0.6) is 0 Å². The molecule has 2 aromatic carbocycles. The molecule has 6 aromatic heterocycles. The zero-order chi connectivity index (χ0) is 40.7. The van der Waals surface area contributed by atoms with Crippen LogP contribution in [0.25, 0.3) is 55.0 Å². The van der Waals surface area contributed by atoms with E-state index in [0.717, 1.165) is 43.6 Å². The van der Waals surface area contributed by atoms with Gasteiger partial charge in [0.25, 0.3) is 0 Å². The molecule has 0 atom stereocenters. The topological polar surface area (TPSA) is 155 Å². The van der Waals surface area contributed by atoms with Crippen molar-refractivity contribution in [2.45, 2.75) is 72.6 Å². The Morgan fingerprint density at radius 3 is 1.62 bits per heavy atom. The summed E-state index contributed by atoms with van der Waals surface area (Å²) in [5.74, 6) is 0.697. The molecule has 0 aliphatic carbocycles. The maximum Gasteiger partial charge on any atom is 0.157 e. The number of fused-ring (bicyclic) bond motifs is 2. The molecule has 0 fully saturated rings. The minimum absolute atomic E-state index is 0.304. The van der Waals surface area contributed by atoms with Crippen molar-refractivity contribution in [1.82, 2.24) is 39.9 Å². The van der Waals surface area contributed by atoms with Crippen LogP contribution in [0.15, 0.2) is 109 Å². The molecule has 0 radical (unpaired) electrons. The number of nitrogens with zero attached hydrogens (tertiary/aromatic N) is 8. The van der Waals surface area contributed by atoms with Crippen molar-refractivity contribution < 1.29 is 0 Å². The summed E-state index contributed by atoms with van der Waals surface area (Å²) >= 11 is 7.40. The van der Waals surface area contributed by atoms with Gasteiger partial charge in [0, 0.05) is 45.9 Å². The average Bonchev–Trinajstić information content (AvgIpc) is 4.01. The number of aromatic nitrogens is 8. The molecule has 0 aliphatic rings. The predicted octanol–water partition coefficient (Wildman–Crippen LogP) is 11.5. The fourth-order valence-electron chi connectivity index (χ4n) is 6.85. The normalized spacial score (nSPS) is 11.2. The second-order valence-electron chi connectivity index (χ2n) is 14.0. The number of halogens is 1. The second kappa shape index (κ2) is 21.4. The summed E-state index contributed by atoms with van der Waals surface area (Å²) in [7, 11) is 0. The van der Waals surface area contributed by atoms with Crippen LogP contribution < -0.4 is 14.5 Å². The van der Waals surface area contributed by atoms with Crippen molar-refractivity contribution in [3.63, 3.8) is 0 Å². The van der Waals surface area contributed by atoms with Crippen LogP contribution in [0, 0.1) is 0 Å². The summed E-state index contributed by atoms with van der Waals surface area (Å²) in [6.45, 7) is 6.99. The minimum Gasteiger partial charge on any atom is -0.382 e. The predicted molar refractivity (Wildman–Crippen MR) is 247 cm³/mol. The van der Waals surface area contributed by atoms with Gasteiger partial charge < -0.3 is 11.5 Å². The van der Waals surface area contributed by atoms with E-state index in [9.17, 15) is 0 Å². The third-order valence-corrected chi connectivity index (χ3v) is 29.6. The molecule has 58 heavy (non-hydrogen) atoms. The van der Waals surface area contributed by atoms with E-state index < -0.39 is 18.4 Å². The largest absolute Gasteiger partial charge is 0.382 e. The number of hydrogen-bond acceptors (Lipinski definition) is 12. The number of anilines is 2. The van der Waals surface area contributed by atoms with Crippen LogP contribution in [0.4, 0.5) is 11.6 Å². The van der Waals surface area contributed by atoms with E-state index >= 15 is 0 Å². The van der Waals surface area contributed by atoms with Crippen molar-refractivity contribution in [1.29, 1.82) is 0 Å². The molecule has 14 heteroatoms. The van der Waals surface area contributed by atoms with Gasteiger partial charge in [-0.3, -0.25) is 15.0 Å². The molecule has 298 valence electrons. The molecule has 0 amide bonds. The monoisotopic (exact) mass is 936 g/mol. The number of nitrogen functional groups attached to an aromatic ring is 2. The van der Waals surface area contributed by atoms with Gasteiger partial charge in [-0.25, -0.2) is 19.9 Å². The molecule has 0 saturated carbocycles. The molecule has 6 heterocycles. The summed E-state index contributed by atoms with van der Waals surface area (Å²) in [4.78, 5) is 34.8. The zero-order valence-corrected chi connectivity index (χ0v) is 38.4. The maximum absolute atomic E-state index is 6.05. The number of pyridine rings is 2. The number of thiazole rings is 2. The van der Waals surface area contributed by atoms with Gasteiger partial charge in [-0.1, -0.05) is 35.9 Å². The first-order valence-corrected chi connectivity index (χ1v) is 29.4. The number of rotatable bonds is 13. The zero-order valence-electron chi connectivity index (χ0n) is 33.2. The van der Waals surface area contributed by atoms with Gasteiger partial charge in [0.2, 0.25) is 0 Å². The van der Waals surface area contributed by atoms with E-state index in [2.05, 4.69) is 67.1 Å². The van der Waals surface area contributed by atoms with Crippen LogP contribution in [0.1, 0.15) is 59.3 Å². The van der Waals surface area contributed by atoms with Crippen LogP contribution in [-0.4, -0.2) is 58.2 Å². The first kappa shape index (κ1) is 43.0. The number of nitrogens with two attached hydrogens (primary N) is 2. The summed E-state index contributed by atoms with van der Waals surface area (Å²) in [6.07, 6.45) is 18.7. The fraction of sp³-hybridized carbons (Fsp3) is 0.273. The van der Waals surface area contributed by atoms with E-state index in [4.69, 9.17) is 28.1 Å². The van der Waals surface area contributed by atoms with Crippen molar-refractivity contribution in [2.24, 2.45) is 0 Å². The van der Waals surface area contributed by atoms with E-state index in [1.54, 1.807) is 41.1 Å². The molecule has 0 saturated heterocycles. The van der Waals surface area contributed by atoms with Gasteiger partial charge in [-0.05, 0) is 36.4 Å². The third-order valence-electron chi connectivity index (χ3n) is 9.84. The summed E-state index contributed by atoms with van der Waals surface area (Å²) in [5.41, 5.74) is 17.2. The standard InChI is InChI=1S/C16H11N5S.C13H9ClN4.3C4H9.C3H2NS.Sn/c17-13-9-20-14(15(21-13)16-19-6-7-22-16)11-3-4-12-10(8-11)2-1-5-18-12;14-13-12(17-7-11(15)18-13)9-3-4-10-8(6-9)2-1-5-16-10;3*1-3-4-2;1-2-5-3-4-1;/h1-9H,(H2,17,21);1-7H,(H2,15,18);3*1,3-4H2,2H3;1-2H;. The van der Waals surface area contributed by atoms with Crippen LogP contribution in [0.2, 0.25) is 18.5 Å². The Balaban J connectivity index is 0.000000148. The minimum atomic E-state index is -2.12. The van der Waals surface area contributed by atoms with Crippen LogP contribution in [-0.2, 0) is 0 Å². The maximum atomic E-state index is 6.05. The fourth-order valence-corrected chi connectivity index (χ4v) is 26.9. The Hall–Kier alpha value is -4.63. The smallest absolute Gasteiger partial charge is 0.157 e. The van der Waals surface area contributed by atoms with Gasteiger partial charge >= 0.3 is 122 Å². The first-order chi connectivity index (χ1) is 28.3. The molecule has 0 bridgehead atoms. The molecule has 8 rings (SSSR count). The summed E-state index contributed by atoms with van der Waals surface area (Å²) in [5, 5.41) is 7.31. The molecule has 10 nitrogen and oxygen atoms in total. The van der Waals surface area contributed by atoms with Gasteiger partial charge in [0.05, 0.1) is 29.1 Å². The third kappa shape index (κ3) is 11.1. The second-order valence-corrected chi connectivity index (χ2v) is 30.1. The van der Waals surface area contributed by atoms with Gasteiger partial charge in [0.15, 0.2) is 5.15 Å². The molecule has 0 aliphatic heterocycles. The number of hydrogen-bond donors (Lipinski definition) is 2. The number of benzene rings is 2. The Labute approximate surface area is 357 Å². The molecule has 0 spiro atoms. The van der Waals surface area contributed by atoms with E-state index in [0.29, 0.717) is 28.2 Å². The quantitative estimate of drug-likeness (QED) is 0.107. The van der Waals surface area contributed by atoms with E-state index in [1.807, 2.05) is 77.5 Å². The van der Waals surface area contributed by atoms with Crippen molar-refractivity contribution in [3.05, 3.63) is 114 Å². The van der Waals surface area contributed by atoms with Crippen molar-refractivity contribution in [3.8, 4) is 33.2 Å². The van der Waals surface area contributed by atoms with Gasteiger partial charge in [0.1, 0.15) is 28.0 Å². The first-order valence-electron chi connectivity index (χ1n) is 19.7. The van der Waals surface area contributed by atoms with Gasteiger partial charge in [-0.15, -0.1) is 11.3 Å². The van der Waals surface area contributed by atoms with E-state index in [-0.39, 0.29) is 0 Å². The Bertz CT molecular complexity index is 2480. The molecule has 0 unspecified atom stereocenters. The summed E-state index contributed by atoms with van der Waals surface area (Å²) in [6, 6.07) is 19.7. The molecule has 8 aromatic rings.